The first-order valence-corrected chi connectivity index (χ1v) is 12.1. The monoisotopic (exact) mass is 436 g/mol. The lowest BCUT2D eigenvalue weighted by Crippen LogP contribution is -2.47. The first-order valence-electron chi connectivity index (χ1n) is 10.4. The number of carbonyl (C=O) groups excluding carboxylic acids is 1. The van der Waals surface area contributed by atoms with Crippen molar-refractivity contribution < 1.29 is 13.2 Å². The van der Waals surface area contributed by atoms with Crippen LogP contribution in [0.5, 0.6) is 0 Å². The highest BCUT2D eigenvalue weighted by atomic mass is 32.2. The highest BCUT2D eigenvalue weighted by Crippen LogP contribution is 2.10. The van der Waals surface area contributed by atoms with Gasteiger partial charge < -0.3 is 5.32 Å². The Morgan fingerprint density at radius 1 is 0.710 bits per heavy atom. The Bertz CT molecular complexity index is 1040. The van der Waals surface area contributed by atoms with Crippen molar-refractivity contribution >= 4 is 15.9 Å². The molecule has 0 aliphatic carbocycles. The van der Waals surface area contributed by atoms with Crippen LogP contribution in [0.1, 0.15) is 23.1 Å². The molecule has 3 rings (SSSR count). The molecule has 5 nitrogen and oxygen atoms in total. The molecule has 0 fully saturated rings. The predicted octanol–water partition coefficient (Wildman–Crippen LogP) is 3.47. The zero-order chi connectivity index (χ0) is 21.9. The van der Waals surface area contributed by atoms with Crippen LogP contribution in [0.15, 0.2) is 91.0 Å². The molecule has 162 valence electrons. The topological polar surface area (TPSA) is 75.3 Å². The van der Waals surface area contributed by atoms with Crippen LogP contribution in [-0.4, -0.2) is 26.9 Å². The van der Waals surface area contributed by atoms with Crippen LogP contribution >= 0.6 is 0 Å². The van der Waals surface area contributed by atoms with Crippen LogP contribution in [0, 0.1) is 0 Å². The standard InChI is InChI=1S/C25H28N2O3S/c28-25(26-19-18-22-12-6-2-7-13-22)24(17-16-21-10-4-1-5-11-21)27-31(29,30)20-23-14-8-3-9-15-23/h1-15,24,27H,16-20H2,(H,26,28). The third-order valence-corrected chi connectivity index (χ3v) is 6.32. The van der Waals surface area contributed by atoms with Gasteiger partial charge in [-0.25, -0.2) is 13.1 Å². The van der Waals surface area contributed by atoms with Crippen molar-refractivity contribution in [3.05, 3.63) is 108 Å². The molecule has 0 aliphatic heterocycles. The second-order valence-electron chi connectivity index (χ2n) is 7.47. The zero-order valence-electron chi connectivity index (χ0n) is 17.4. The van der Waals surface area contributed by atoms with Crippen molar-refractivity contribution in [2.24, 2.45) is 0 Å². The third kappa shape index (κ3) is 8.00. The number of amides is 1. The first-order chi connectivity index (χ1) is 15.0. The van der Waals surface area contributed by atoms with Gasteiger partial charge in [0, 0.05) is 6.54 Å². The van der Waals surface area contributed by atoms with Crippen LogP contribution in [0.25, 0.3) is 0 Å². The zero-order valence-corrected chi connectivity index (χ0v) is 18.2. The van der Waals surface area contributed by atoms with Crippen LogP contribution < -0.4 is 10.0 Å². The van der Waals surface area contributed by atoms with Crippen molar-refractivity contribution in [1.29, 1.82) is 0 Å². The van der Waals surface area contributed by atoms with Gasteiger partial charge in [-0.1, -0.05) is 91.0 Å². The second-order valence-corrected chi connectivity index (χ2v) is 9.22. The van der Waals surface area contributed by atoms with Crippen molar-refractivity contribution in [2.45, 2.75) is 31.1 Å². The largest absolute Gasteiger partial charge is 0.354 e. The Morgan fingerprint density at radius 3 is 1.74 bits per heavy atom. The lowest BCUT2D eigenvalue weighted by atomic mass is 10.1. The molecule has 0 aromatic heterocycles. The molecule has 31 heavy (non-hydrogen) atoms. The van der Waals surface area contributed by atoms with Gasteiger partial charge in [0.1, 0.15) is 6.04 Å². The molecular weight excluding hydrogens is 408 g/mol. The Morgan fingerprint density at radius 2 is 1.19 bits per heavy atom. The molecule has 1 amide bonds. The van der Waals surface area contributed by atoms with Crippen LogP contribution in [-0.2, 0) is 33.4 Å². The lowest BCUT2D eigenvalue weighted by Gasteiger charge is -2.19. The van der Waals surface area contributed by atoms with E-state index in [9.17, 15) is 13.2 Å². The summed E-state index contributed by atoms with van der Waals surface area (Å²) in [6, 6.07) is 27.7. The Balaban J connectivity index is 1.63. The highest BCUT2D eigenvalue weighted by molar-refractivity contribution is 7.88. The maximum atomic E-state index is 12.8. The van der Waals surface area contributed by atoms with Crippen LogP contribution in [0.3, 0.4) is 0 Å². The van der Waals surface area contributed by atoms with Crippen molar-refractivity contribution in [2.75, 3.05) is 6.54 Å². The van der Waals surface area contributed by atoms with Crippen molar-refractivity contribution in [1.82, 2.24) is 10.0 Å². The fourth-order valence-corrected chi connectivity index (χ4v) is 4.72. The maximum Gasteiger partial charge on any atom is 0.238 e. The summed E-state index contributed by atoms with van der Waals surface area (Å²) in [6.07, 6.45) is 1.68. The minimum absolute atomic E-state index is 0.160. The van der Waals surface area contributed by atoms with E-state index in [1.807, 2.05) is 66.7 Å². The molecule has 2 N–H and O–H groups in total. The van der Waals surface area contributed by atoms with E-state index >= 15 is 0 Å². The number of sulfonamides is 1. The predicted molar refractivity (Wildman–Crippen MR) is 124 cm³/mol. The fraction of sp³-hybridized carbons (Fsp3) is 0.240. The normalized spacial score (nSPS) is 12.3. The Kier molecular flexibility index (Phi) is 8.38. The van der Waals surface area contributed by atoms with Gasteiger partial charge in [-0.05, 0) is 36.0 Å². The average Bonchev–Trinajstić information content (AvgIpc) is 2.78. The average molecular weight is 437 g/mol. The molecule has 0 saturated heterocycles. The Labute approximate surface area is 184 Å². The van der Waals surface area contributed by atoms with Gasteiger partial charge in [0.2, 0.25) is 15.9 Å². The molecule has 0 spiro atoms. The van der Waals surface area contributed by atoms with E-state index in [-0.39, 0.29) is 11.7 Å². The summed E-state index contributed by atoms with van der Waals surface area (Å²) in [7, 11) is -3.67. The van der Waals surface area contributed by atoms with Crippen LogP contribution in [0.2, 0.25) is 0 Å². The maximum absolute atomic E-state index is 12.8. The fourth-order valence-electron chi connectivity index (χ4n) is 3.35. The van der Waals surface area contributed by atoms with Crippen molar-refractivity contribution in [3.8, 4) is 0 Å². The minimum Gasteiger partial charge on any atom is -0.354 e. The number of carbonyl (C=O) groups is 1. The van der Waals surface area contributed by atoms with Crippen LogP contribution in [0.4, 0.5) is 0 Å². The molecule has 0 radical (unpaired) electrons. The summed E-state index contributed by atoms with van der Waals surface area (Å²) in [6.45, 7) is 0.450. The molecule has 0 heterocycles. The molecular formula is C25H28N2O3S. The van der Waals surface area contributed by atoms with E-state index < -0.39 is 16.1 Å². The van der Waals surface area contributed by atoms with E-state index in [2.05, 4.69) is 10.0 Å². The number of rotatable bonds is 11. The van der Waals surface area contributed by atoms with E-state index in [0.717, 1.165) is 11.1 Å². The molecule has 0 aliphatic rings. The van der Waals surface area contributed by atoms with E-state index in [4.69, 9.17) is 0 Å². The van der Waals surface area contributed by atoms with Gasteiger partial charge in [0.15, 0.2) is 0 Å². The number of nitrogens with one attached hydrogen (secondary N) is 2. The third-order valence-electron chi connectivity index (χ3n) is 4.96. The molecule has 0 bridgehead atoms. The van der Waals surface area contributed by atoms with Gasteiger partial charge in [-0.15, -0.1) is 0 Å². The van der Waals surface area contributed by atoms with E-state index in [1.165, 1.54) is 0 Å². The number of aryl methyl sites for hydroxylation is 1. The second kappa shape index (κ2) is 11.4. The number of hydrogen-bond acceptors (Lipinski definition) is 3. The lowest BCUT2D eigenvalue weighted by molar-refractivity contribution is -0.122. The smallest absolute Gasteiger partial charge is 0.238 e. The van der Waals surface area contributed by atoms with Gasteiger partial charge in [-0.3, -0.25) is 4.79 Å². The summed E-state index contributed by atoms with van der Waals surface area (Å²) < 4.78 is 28.1. The van der Waals surface area contributed by atoms with Gasteiger partial charge >= 0.3 is 0 Å². The summed E-state index contributed by atoms with van der Waals surface area (Å²) >= 11 is 0. The SMILES string of the molecule is O=C(NCCc1ccccc1)C(CCc1ccccc1)NS(=O)(=O)Cc1ccccc1. The summed E-state index contributed by atoms with van der Waals surface area (Å²) in [5.74, 6) is -0.462. The Hall–Kier alpha value is -2.96. The molecule has 3 aromatic rings. The van der Waals surface area contributed by atoms with Gasteiger partial charge in [0.25, 0.3) is 0 Å². The quantitative estimate of drug-likeness (QED) is 0.483. The molecule has 6 heteroatoms. The van der Waals surface area contributed by atoms with E-state index in [1.54, 1.807) is 24.3 Å². The molecule has 0 saturated carbocycles. The molecule has 3 aromatic carbocycles. The summed E-state index contributed by atoms with van der Waals surface area (Å²) in [5.41, 5.74) is 2.86. The van der Waals surface area contributed by atoms with E-state index in [0.29, 0.717) is 31.4 Å². The summed E-state index contributed by atoms with van der Waals surface area (Å²) in [5, 5.41) is 2.89. The number of benzene rings is 3. The van der Waals surface area contributed by atoms with Gasteiger partial charge in [0.05, 0.1) is 5.75 Å². The van der Waals surface area contributed by atoms with Gasteiger partial charge in [-0.2, -0.15) is 0 Å². The summed E-state index contributed by atoms with van der Waals surface area (Å²) in [4.78, 5) is 12.8. The number of hydrogen-bond donors (Lipinski definition) is 2. The van der Waals surface area contributed by atoms with Crippen molar-refractivity contribution in [3.63, 3.8) is 0 Å². The molecule has 1 atom stereocenters. The minimum atomic E-state index is -3.67. The first kappa shape index (κ1) is 22.7. The highest BCUT2D eigenvalue weighted by Gasteiger charge is 2.24. The molecule has 1 unspecified atom stereocenters.